The highest BCUT2D eigenvalue weighted by Gasteiger charge is 2.17. The van der Waals surface area contributed by atoms with Crippen LogP contribution in [0, 0.1) is 13.8 Å². The number of hydrogen-bond acceptors (Lipinski definition) is 5. The predicted molar refractivity (Wildman–Crippen MR) is 96.0 cm³/mol. The number of carbonyl (C=O) groups is 1. The molecule has 0 spiro atoms. The summed E-state index contributed by atoms with van der Waals surface area (Å²) in [6.07, 6.45) is 0. The fourth-order valence-corrected chi connectivity index (χ4v) is 3.55. The van der Waals surface area contributed by atoms with E-state index in [0.717, 1.165) is 16.1 Å². The number of aromatic nitrogens is 3. The van der Waals surface area contributed by atoms with E-state index in [2.05, 4.69) is 5.10 Å². The van der Waals surface area contributed by atoms with E-state index in [4.69, 9.17) is 4.98 Å². The molecule has 0 saturated carbocycles. The monoisotopic (exact) mass is 348 g/mol. The zero-order valence-electron chi connectivity index (χ0n) is 13.7. The molecule has 0 radical (unpaired) electrons. The molecule has 6 heteroatoms. The summed E-state index contributed by atoms with van der Waals surface area (Å²) in [5.74, 6) is -1.23. The maximum absolute atomic E-state index is 11.7. The number of pyridine rings is 1. The highest BCUT2D eigenvalue weighted by molar-refractivity contribution is 7.13. The number of benzene rings is 1. The van der Waals surface area contributed by atoms with Crippen molar-refractivity contribution >= 4 is 28.3 Å². The lowest BCUT2D eigenvalue weighted by Crippen LogP contribution is -2.23. The van der Waals surface area contributed by atoms with E-state index in [0.29, 0.717) is 22.4 Å². The van der Waals surface area contributed by atoms with Crippen LogP contribution in [0.25, 0.3) is 27.3 Å². The summed E-state index contributed by atoms with van der Waals surface area (Å²) in [5, 5.41) is 18.7. The van der Waals surface area contributed by atoms with Crippen LogP contribution in [-0.2, 0) is 0 Å². The Morgan fingerprint density at radius 3 is 2.56 bits per heavy atom. The number of carbonyl (C=O) groups excluding carboxylic acids is 1. The maximum atomic E-state index is 11.7. The Morgan fingerprint density at radius 2 is 1.92 bits per heavy atom. The molecule has 0 aliphatic heterocycles. The van der Waals surface area contributed by atoms with Crippen LogP contribution in [0.3, 0.4) is 0 Å². The van der Waals surface area contributed by atoms with Gasteiger partial charge in [0.2, 0.25) is 0 Å². The quantitative estimate of drug-likeness (QED) is 0.570. The van der Waals surface area contributed by atoms with Gasteiger partial charge in [-0.05, 0) is 43.5 Å². The van der Waals surface area contributed by atoms with Gasteiger partial charge in [-0.15, -0.1) is 11.3 Å². The second kappa shape index (κ2) is 5.82. The lowest BCUT2D eigenvalue weighted by atomic mass is 10.1. The number of carboxylic acids is 1. The third kappa shape index (κ3) is 2.60. The molecule has 4 aromatic rings. The molecule has 0 aliphatic rings. The molecule has 4 rings (SSSR count). The topological polar surface area (TPSA) is 70.8 Å². The highest BCUT2D eigenvalue weighted by Crippen LogP contribution is 2.30. The Labute approximate surface area is 148 Å². The molecule has 0 aliphatic carbocycles. The summed E-state index contributed by atoms with van der Waals surface area (Å²) in [6, 6.07) is 13.3. The van der Waals surface area contributed by atoms with Gasteiger partial charge in [-0.1, -0.05) is 23.8 Å². The van der Waals surface area contributed by atoms with Crippen LogP contribution in [0.2, 0.25) is 0 Å². The first-order chi connectivity index (χ1) is 12.0. The fourth-order valence-electron chi connectivity index (χ4n) is 2.87. The molecule has 124 valence electrons. The molecule has 0 N–H and O–H groups in total. The third-order valence-electron chi connectivity index (χ3n) is 4.08. The lowest BCUT2D eigenvalue weighted by molar-refractivity contribution is -0.254. The van der Waals surface area contributed by atoms with Crippen molar-refractivity contribution in [2.75, 3.05) is 0 Å². The van der Waals surface area contributed by atoms with Crippen LogP contribution < -0.4 is 5.11 Å². The van der Waals surface area contributed by atoms with Crippen LogP contribution in [0.4, 0.5) is 0 Å². The van der Waals surface area contributed by atoms with E-state index < -0.39 is 5.97 Å². The number of thiophene rings is 1. The van der Waals surface area contributed by atoms with Gasteiger partial charge in [0, 0.05) is 5.56 Å². The molecule has 25 heavy (non-hydrogen) atoms. The van der Waals surface area contributed by atoms with Gasteiger partial charge in [-0.3, -0.25) is 0 Å². The van der Waals surface area contributed by atoms with Gasteiger partial charge in [0.1, 0.15) is 0 Å². The highest BCUT2D eigenvalue weighted by atomic mass is 32.1. The summed E-state index contributed by atoms with van der Waals surface area (Å²) in [6.45, 7) is 3.80. The Balaban J connectivity index is 2.05. The summed E-state index contributed by atoms with van der Waals surface area (Å²) in [5.41, 5.74) is 3.83. The van der Waals surface area contributed by atoms with Gasteiger partial charge in [-0.2, -0.15) is 5.10 Å². The van der Waals surface area contributed by atoms with Crippen LogP contribution in [0.1, 0.15) is 21.6 Å². The van der Waals surface area contributed by atoms with E-state index in [1.54, 1.807) is 17.7 Å². The van der Waals surface area contributed by atoms with E-state index in [1.165, 1.54) is 11.3 Å². The van der Waals surface area contributed by atoms with E-state index in [1.807, 2.05) is 48.7 Å². The maximum Gasteiger partial charge on any atom is 0.164 e. The van der Waals surface area contributed by atoms with E-state index in [9.17, 15) is 9.90 Å². The molecule has 5 nitrogen and oxygen atoms in total. The number of nitrogens with zero attached hydrogens (tertiary/aromatic N) is 3. The fraction of sp³-hybridized carbons (Fsp3) is 0.105. The van der Waals surface area contributed by atoms with Crippen molar-refractivity contribution < 1.29 is 9.90 Å². The first-order valence-electron chi connectivity index (χ1n) is 7.77. The average Bonchev–Trinajstić information content (AvgIpc) is 3.23. The number of hydrogen-bond donors (Lipinski definition) is 0. The molecule has 0 amide bonds. The average molecular weight is 348 g/mol. The number of aryl methyl sites for hydroxylation is 2. The third-order valence-corrected chi connectivity index (χ3v) is 4.98. The van der Waals surface area contributed by atoms with E-state index in [-0.39, 0.29) is 5.56 Å². The number of fused-ring (bicyclic) bond motifs is 1. The van der Waals surface area contributed by atoms with Crippen molar-refractivity contribution in [1.82, 2.24) is 14.8 Å². The van der Waals surface area contributed by atoms with Gasteiger partial charge in [-0.25, -0.2) is 9.67 Å². The zero-order valence-corrected chi connectivity index (χ0v) is 14.5. The molecule has 0 atom stereocenters. The Kier molecular flexibility index (Phi) is 3.62. The van der Waals surface area contributed by atoms with Gasteiger partial charge < -0.3 is 9.90 Å². The predicted octanol–water partition coefficient (Wildman–Crippen LogP) is 3.13. The van der Waals surface area contributed by atoms with Crippen molar-refractivity contribution in [3.05, 3.63) is 64.7 Å². The molecule has 0 saturated heterocycles. The van der Waals surface area contributed by atoms with Gasteiger partial charge in [0.25, 0.3) is 0 Å². The van der Waals surface area contributed by atoms with Crippen LogP contribution in [0.15, 0.2) is 47.8 Å². The van der Waals surface area contributed by atoms with Crippen molar-refractivity contribution in [1.29, 1.82) is 0 Å². The van der Waals surface area contributed by atoms with Gasteiger partial charge in [0.05, 0.1) is 33.3 Å². The lowest BCUT2D eigenvalue weighted by Gasteiger charge is -2.09. The van der Waals surface area contributed by atoms with Crippen LogP contribution in [0.5, 0.6) is 0 Å². The molecule has 3 aromatic heterocycles. The normalized spacial score (nSPS) is 11.1. The second-order valence-electron chi connectivity index (χ2n) is 5.85. The minimum atomic E-state index is -1.23. The Morgan fingerprint density at radius 1 is 1.16 bits per heavy atom. The van der Waals surface area contributed by atoms with Crippen molar-refractivity contribution in [2.24, 2.45) is 0 Å². The van der Waals surface area contributed by atoms with Crippen molar-refractivity contribution in [2.45, 2.75) is 13.8 Å². The molecule has 0 bridgehead atoms. The summed E-state index contributed by atoms with van der Waals surface area (Å²) >= 11 is 1.51. The summed E-state index contributed by atoms with van der Waals surface area (Å²) < 4.78 is 1.69. The van der Waals surface area contributed by atoms with Gasteiger partial charge >= 0.3 is 0 Å². The zero-order chi connectivity index (χ0) is 17.6. The molecule has 3 heterocycles. The molecular weight excluding hydrogens is 334 g/mol. The number of rotatable bonds is 3. The molecule has 0 fully saturated rings. The minimum Gasteiger partial charge on any atom is -0.545 e. The minimum absolute atomic E-state index is 0.115. The van der Waals surface area contributed by atoms with Crippen molar-refractivity contribution in [3.8, 4) is 16.3 Å². The Hall–Kier alpha value is -2.99. The smallest absolute Gasteiger partial charge is 0.164 e. The van der Waals surface area contributed by atoms with Crippen molar-refractivity contribution in [3.63, 3.8) is 0 Å². The van der Waals surface area contributed by atoms with Crippen LogP contribution >= 0.6 is 11.3 Å². The molecule has 1 aromatic carbocycles. The van der Waals surface area contributed by atoms with Gasteiger partial charge in [0.15, 0.2) is 5.65 Å². The van der Waals surface area contributed by atoms with Crippen LogP contribution in [-0.4, -0.2) is 20.7 Å². The summed E-state index contributed by atoms with van der Waals surface area (Å²) in [7, 11) is 0. The Bertz CT molecular complexity index is 1080. The largest absolute Gasteiger partial charge is 0.545 e. The molecular formula is C19H14N3O2S-. The van der Waals surface area contributed by atoms with E-state index >= 15 is 0 Å². The first-order valence-corrected chi connectivity index (χ1v) is 8.65. The number of carboxylic acid groups (broad SMARTS) is 1. The first kappa shape index (κ1) is 15.5. The number of aromatic carboxylic acids is 1. The SMILES string of the molecule is Cc1ccc(-n2nc(C)c3c(C(=O)[O-])cc(-c4cccs4)nc32)cc1. The standard InChI is InChI=1S/C19H15N3O2S/c1-11-5-7-13(8-6-11)22-18-17(12(2)21-22)14(19(23)24)10-15(20-18)16-4-3-9-25-16/h3-10H,1-2H3,(H,23,24)/p-1. The second-order valence-corrected chi connectivity index (χ2v) is 6.80. The summed E-state index contributed by atoms with van der Waals surface area (Å²) in [4.78, 5) is 17.3. The molecule has 0 unspecified atom stereocenters.